The Kier molecular flexibility index (Phi) is 5.26. The molecule has 1 saturated heterocycles. The molecule has 1 aliphatic heterocycles. The van der Waals surface area contributed by atoms with Gasteiger partial charge in [-0.15, -0.1) is 0 Å². The smallest absolute Gasteiger partial charge is 0.0480 e. The molecule has 0 aliphatic carbocycles. The molecule has 2 heterocycles. The van der Waals surface area contributed by atoms with E-state index in [1.165, 1.54) is 54.6 Å². The lowest BCUT2D eigenvalue weighted by Crippen LogP contribution is -2.46. The Hall–Kier alpha value is -2.26. The molecule has 0 N–H and O–H groups in total. The number of para-hydroxylation sites is 2. The van der Waals surface area contributed by atoms with Gasteiger partial charge < -0.3 is 9.47 Å². The molecular formula is C23H29N3. The molecule has 4 rings (SSSR count). The number of nitrogens with zero attached hydrogens (tertiary/aromatic N) is 3. The van der Waals surface area contributed by atoms with Crippen LogP contribution in [0.2, 0.25) is 0 Å². The second kappa shape index (κ2) is 7.96. The summed E-state index contributed by atoms with van der Waals surface area (Å²) in [5.74, 6) is 0. The number of rotatable bonds is 6. The molecule has 0 bridgehead atoms. The maximum atomic E-state index is 2.63. The average Bonchev–Trinajstić information content (AvgIpc) is 3.09. The van der Waals surface area contributed by atoms with Gasteiger partial charge in [-0.25, -0.2) is 0 Å². The van der Waals surface area contributed by atoms with Gasteiger partial charge in [-0.2, -0.15) is 0 Å². The average molecular weight is 348 g/mol. The maximum Gasteiger partial charge on any atom is 0.0480 e. The summed E-state index contributed by atoms with van der Waals surface area (Å²) in [4.78, 5) is 5.17. The van der Waals surface area contributed by atoms with Crippen molar-refractivity contribution in [3.8, 4) is 0 Å². The fourth-order valence-corrected chi connectivity index (χ4v) is 4.08. The zero-order valence-corrected chi connectivity index (χ0v) is 15.8. The first kappa shape index (κ1) is 17.2. The van der Waals surface area contributed by atoms with Crippen molar-refractivity contribution in [2.24, 2.45) is 0 Å². The molecule has 26 heavy (non-hydrogen) atoms. The zero-order valence-electron chi connectivity index (χ0n) is 15.8. The minimum absolute atomic E-state index is 1.12. The van der Waals surface area contributed by atoms with Crippen LogP contribution in [0.4, 0.5) is 5.69 Å². The van der Waals surface area contributed by atoms with Crippen LogP contribution in [-0.2, 0) is 6.54 Å². The Morgan fingerprint density at radius 2 is 1.50 bits per heavy atom. The van der Waals surface area contributed by atoms with Gasteiger partial charge in [0.25, 0.3) is 0 Å². The molecular weight excluding hydrogens is 318 g/mol. The van der Waals surface area contributed by atoms with Gasteiger partial charge in [-0.3, -0.25) is 4.90 Å². The van der Waals surface area contributed by atoms with E-state index in [-0.39, 0.29) is 0 Å². The van der Waals surface area contributed by atoms with Gasteiger partial charge in [0, 0.05) is 50.1 Å². The van der Waals surface area contributed by atoms with E-state index in [1.54, 1.807) is 0 Å². The van der Waals surface area contributed by atoms with E-state index in [2.05, 4.69) is 82.1 Å². The second-order valence-corrected chi connectivity index (χ2v) is 7.39. The Morgan fingerprint density at radius 3 is 2.35 bits per heavy atom. The van der Waals surface area contributed by atoms with Crippen LogP contribution in [0.15, 0.2) is 60.8 Å². The Balaban J connectivity index is 1.21. The predicted octanol–water partition coefficient (Wildman–Crippen LogP) is 4.55. The summed E-state index contributed by atoms with van der Waals surface area (Å²) >= 11 is 0. The first-order valence-electron chi connectivity index (χ1n) is 9.88. The number of unbranched alkanes of at least 4 members (excludes halogenated alkanes) is 1. The van der Waals surface area contributed by atoms with Crippen LogP contribution in [0.5, 0.6) is 0 Å². The lowest BCUT2D eigenvalue weighted by molar-refractivity contribution is 0.251. The third kappa shape index (κ3) is 3.78. The fraction of sp³-hybridized carbons (Fsp3) is 0.391. The molecule has 1 aromatic heterocycles. The predicted molar refractivity (Wildman–Crippen MR) is 111 cm³/mol. The van der Waals surface area contributed by atoms with Crippen molar-refractivity contribution < 1.29 is 0 Å². The number of aryl methyl sites for hydroxylation is 2. The number of piperazine rings is 1. The first-order chi connectivity index (χ1) is 12.8. The molecule has 0 unspecified atom stereocenters. The van der Waals surface area contributed by atoms with E-state index < -0.39 is 0 Å². The van der Waals surface area contributed by atoms with Gasteiger partial charge in [0.1, 0.15) is 0 Å². The molecule has 1 fully saturated rings. The normalized spacial score (nSPS) is 15.7. The first-order valence-corrected chi connectivity index (χ1v) is 9.88. The number of aromatic nitrogens is 1. The molecule has 0 radical (unpaired) electrons. The third-order valence-electron chi connectivity index (χ3n) is 5.63. The Labute approximate surface area is 156 Å². The van der Waals surface area contributed by atoms with Crippen molar-refractivity contribution in [3.63, 3.8) is 0 Å². The molecule has 136 valence electrons. The minimum atomic E-state index is 1.12. The van der Waals surface area contributed by atoms with Crippen molar-refractivity contribution in [1.82, 2.24) is 9.47 Å². The molecule has 1 aliphatic rings. The zero-order chi connectivity index (χ0) is 17.8. The van der Waals surface area contributed by atoms with E-state index in [0.29, 0.717) is 0 Å². The molecule has 0 atom stereocenters. The lowest BCUT2D eigenvalue weighted by atomic mass is 10.1. The SMILES string of the molecule is Cc1ccccc1N1CCN(CCCCn2ccc3ccccc32)CC1. The monoisotopic (exact) mass is 347 g/mol. The van der Waals surface area contributed by atoms with Gasteiger partial charge in [0.05, 0.1) is 0 Å². The molecule has 3 aromatic rings. The van der Waals surface area contributed by atoms with Gasteiger partial charge in [0.2, 0.25) is 0 Å². The topological polar surface area (TPSA) is 11.4 Å². The van der Waals surface area contributed by atoms with Crippen LogP contribution >= 0.6 is 0 Å². The summed E-state index contributed by atoms with van der Waals surface area (Å²) in [5.41, 5.74) is 4.16. The van der Waals surface area contributed by atoms with Crippen molar-refractivity contribution in [2.45, 2.75) is 26.3 Å². The van der Waals surface area contributed by atoms with E-state index in [0.717, 1.165) is 19.6 Å². The van der Waals surface area contributed by atoms with E-state index in [9.17, 15) is 0 Å². The van der Waals surface area contributed by atoms with Crippen LogP contribution in [0, 0.1) is 6.92 Å². The summed E-state index contributed by atoms with van der Waals surface area (Å²) < 4.78 is 2.39. The number of hydrogen-bond donors (Lipinski definition) is 0. The van der Waals surface area contributed by atoms with Crippen molar-refractivity contribution >= 4 is 16.6 Å². The number of anilines is 1. The highest BCUT2D eigenvalue weighted by atomic mass is 15.3. The van der Waals surface area contributed by atoms with Gasteiger partial charge in [-0.05, 0) is 55.5 Å². The minimum Gasteiger partial charge on any atom is -0.369 e. The fourth-order valence-electron chi connectivity index (χ4n) is 4.08. The molecule has 3 nitrogen and oxygen atoms in total. The van der Waals surface area contributed by atoms with Crippen LogP contribution in [-0.4, -0.2) is 42.2 Å². The maximum absolute atomic E-state index is 2.63. The number of hydrogen-bond acceptors (Lipinski definition) is 2. The Morgan fingerprint density at radius 1 is 0.769 bits per heavy atom. The highest BCUT2D eigenvalue weighted by Gasteiger charge is 2.17. The van der Waals surface area contributed by atoms with Crippen molar-refractivity contribution in [1.29, 1.82) is 0 Å². The van der Waals surface area contributed by atoms with Crippen LogP contribution in [0.3, 0.4) is 0 Å². The Bertz CT molecular complexity index is 843. The van der Waals surface area contributed by atoms with Crippen molar-refractivity contribution in [2.75, 3.05) is 37.6 Å². The number of benzene rings is 2. The summed E-state index contributed by atoms with van der Waals surface area (Å²) in [6.07, 6.45) is 4.75. The van der Waals surface area contributed by atoms with Gasteiger partial charge >= 0.3 is 0 Å². The van der Waals surface area contributed by atoms with E-state index >= 15 is 0 Å². The van der Waals surface area contributed by atoms with Crippen LogP contribution in [0.25, 0.3) is 10.9 Å². The van der Waals surface area contributed by atoms with Gasteiger partial charge in [-0.1, -0.05) is 36.4 Å². The molecule has 3 heteroatoms. The van der Waals surface area contributed by atoms with E-state index in [4.69, 9.17) is 0 Å². The summed E-state index contributed by atoms with van der Waals surface area (Å²) in [6, 6.07) is 19.6. The standard InChI is InChI=1S/C23H29N3/c1-20-8-2-4-10-22(20)26-18-16-24(17-19-26)13-6-7-14-25-15-12-21-9-3-5-11-23(21)25/h2-5,8-12,15H,6-7,13-14,16-19H2,1H3. The number of fused-ring (bicyclic) bond motifs is 1. The third-order valence-corrected chi connectivity index (χ3v) is 5.63. The largest absolute Gasteiger partial charge is 0.369 e. The van der Waals surface area contributed by atoms with E-state index in [1.807, 2.05) is 0 Å². The molecule has 0 amide bonds. The van der Waals surface area contributed by atoms with Crippen LogP contribution in [0.1, 0.15) is 18.4 Å². The summed E-state index contributed by atoms with van der Waals surface area (Å²) in [6.45, 7) is 9.21. The molecule has 2 aromatic carbocycles. The highest BCUT2D eigenvalue weighted by molar-refractivity contribution is 5.79. The quantitative estimate of drug-likeness (QED) is 0.606. The van der Waals surface area contributed by atoms with Crippen molar-refractivity contribution in [3.05, 3.63) is 66.4 Å². The molecule has 0 spiro atoms. The molecule has 0 saturated carbocycles. The van der Waals surface area contributed by atoms with Crippen LogP contribution < -0.4 is 4.90 Å². The lowest BCUT2D eigenvalue weighted by Gasteiger charge is -2.36. The second-order valence-electron chi connectivity index (χ2n) is 7.39. The van der Waals surface area contributed by atoms with Gasteiger partial charge in [0.15, 0.2) is 0 Å². The highest BCUT2D eigenvalue weighted by Crippen LogP contribution is 2.21. The summed E-state index contributed by atoms with van der Waals surface area (Å²) in [5, 5.41) is 1.35. The summed E-state index contributed by atoms with van der Waals surface area (Å²) in [7, 11) is 0.